The van der Waals surface area contributed by atoms with Crippen molar-refractivity contribution in [3.05, 3.63) is 36.7 Å². The smallest absolute Gasteiger partial charge is 0.232 e. The van der Waals surface area contributed by atoms with Gasteiger partial charge in [-0.25, -0.2) is 13.4 Å². The first kappa shape index (κ1) is 15.5. The Morgan fingerprint density at radius 3 is 2.57 bits per heavy atom. The number of hydrogen-bond acceptors (Lipinski definition) is 6. The number of aromatic nitrogens is 2. The van der Waals surface area contributed by atoms with Crippen molar-refractivity contribution in [2.45, 2.75) is 11.3 Å². The van der Waals surface area contributed by atoms with Crippen LogP contribution in [0.3, 0.4) is 0 Å². The Balaban J connectivity index is 2.37. The Bertz CT molecular complexity index is 694. The lowest BCUT2D eigenvalue weighted by Gasteiger charge is -2.11. The van der Waals surface area contributed by atoms with Gasteiger partial charge in [0.2, 0.25) is 15.0 Å². The highest BCUT2D eigenvalue weighted by Gasteiger charge is 2.24. The second-order valence-electron chi connectivity index (χ2n) is 4.40. The third kappa shape index (κ3) is 3.41. The molecule has 1 aromatic heterocycles. The van der Waals surface area contributed by atoms with Crippen LogP contribution in [0.25, 0.3) is 5.69 Å². The number of sulfone groups is 1. The molecule has 0 aliphatic heterocycles. The van der Waals surface area contributed by atoms with Gasteiger partial charge in [-0.2, -0.15) is 0 Å². The van der Waals surface area contributed by atoms with Crippen LogP contribution in [0.4, 0.5) is 0 Å². The van der Waals surface area contributed by atoms with E-state index in [4.69, 9.17) is 9.84 Å². The molecule has 0 aliphatic rings. The van der Waals surface area contributed by atoms with Gasteiger partial charge >= 0.3 is 0 Å². The Hall–Kier alpha value is -1.90. The summed E-state index contributed by atoms with van der Waals surface area (Å²) in [4.78, 5) is 3.85. The zero-order chi connectivity index (χ0) is 15.5. The van der Waals surface area contributed by atoms with Gasteiger partial charge in [0.1, 0.15) is 5.75 Å². The van der Waals surface area contributed by atoms with Gasteiger partial charge in [0.15, 0.2) is 0 Å². The maximum atomic E-state index is 12.2. The maximum Gasteiger partial charge on any atom is 0.232 e. The molecule has 1 atom stereocenters. The monoisotopic (exact) mass is 312 g/mol. The van der Waals surface area contributed by atoms with Gasteiger partial charge in [-0.3, -0.25) is 4.57 Å². The summed E-state index contributed by atoms with van der Waals surface area (Å²) in [6.07, 6.45) is 1.54. The van der Waals surface area contributed by atoms with Gasteiger partial charge in [-0.15, -0.1) is 0 Å². The molecule has 114 valence electrons. The van der Waals surface area contributed by atoms with E-state index in [1.165, 1.54) is 17.0 Å². The van der Waals surface area contributed by atoms with Crippen LogP contribution in [0.5, 0.6) is 5.75 Å². The van der Waals surface area contributed by atoms with Gasteiger partial charge in [0, 0.05) is 18.1 Å². The first-order chi connectivity index (χ1) is 9.97. The minimum atomic E-state index is -3.81. The Morgan fingerprint density at radius 1 is 1.33 bits per heavy atom. The largest absolute Gasteiger partial charge is 0.497 e. The predicted molar refractivity (Wildman–Crippen MR) is 75.3 cm³/mol. The number of ether oxygens (including phenoxy) is 1. The van der Waals surface area contributed by atoms with Crippen LogP contribution in [-0.2, 0) is 9.84 Å². The molecule has 0 radical (unpaired) electrons. The van der Waals surface area contributed by atoms with Gasteiger partial charge in [-0.1, -0.05) is 0 Å². The van der Waals surface area contributed by atoms with Crippen molar-refractivity contribution in [3.63, 3.8) is 0 Å². The fourth-order valence-electron chi connectivity index (χ4n) is 1.84. The highest BCUT2D eigenvalue weighted by molar-refractivity contribution is 7.91. The van der Waals surface area contributed by atoms with Gasteiger partial charge < -0.3 is 14.9 Å². The summed E-state index contributed by atoms with van der Waals surface area (Å²) in [7, 11) is -2.27. The second-order valence-corrected chi connectivity index (χ2v) is 6.32. The molecule has 0 saturated heterocycles. The third-order valence-electron chi connectivity index (χ3n) is 2.86. The molecule has 0 bridgehead atoms. The van der Waals surface area contributed by atoms with Crippen LogP contribution in [0, 0.1) is 0 Å². The van der Waals surface area contributed by atoms with E-state index >= 15 is 0 Å². The maximum absolute atomic E-state index is 12.2. The van der Waals surface area contributed by atoms with Crippen molar-refractivity contribution in [1.82, 2.24) is 9.55 Å². The molecular formula is C13H16N2O5S. The molecular weight excluding hydrogens is 296 g/mol. The standard InChI is InChI=1S/C13H16N2O5S/c1-20-12-4-2-10(3-5-12)15-7-6-14-13(15)21(18,19)9-11(17)8-16/h2-7,11,16-17H,8-9H2,1H3/t11-/m1/s1. The van der Waals surface area contributed by atoms with Crippen molar-refractivity contribution < 1.29 is 23.4 Å². The molecule has 2 rings (SSSR count). The average Bonchev–Trinajstić information content (AvgIpc) is 2.97. The number of aliphatic hydroxyl groups is 2. The Morgan fingerprint density at radius 2 is 2.00 bits per heavy atom. The molecule has 0 fully saturated rings. The minimum Gasteiger partial charge on any atom is -0.497 e. The summed E-state index contributed by atoms with van der Waals surface area (Å²) in [5.74, 6) is 0.0652. The number of methoxy groups -OCH3 is 1. The van der Waals surface area contributed by atoms with Crippen molar-refractivity contribution >= 4 is 9.84 Å². The second kappa shape index (κ2) is 6.25. The van der Waals surface area contributed by atoms with Crippen molar-refractivity contribution in [3.8, 4) is 11.4 Å². The van der Waals surface area contributed by atoms with Crippen LogP contribution < -0.4 is 4.74 Å². The molecule has 21 heavy (non-hydrogen) atoms. The number of rotatable bonds is 6. The van der Waals surface area contributed by atoms with Gasteiger partial charge in [0.25, 0.3) is 0 Å². The molecule has 2 aromatic rings. The summed E-state index contributed by atoms with van der Waals surface area (Å²) >= 11 is 0. The fourth-order valence-corrected chi connectivity index (χ4v) is 3.29. The van der Waals surface area contributed by atoms with Crippen molar-refractivity contribution in [2.75, 3.05) is 19.5 Å². The quantitative estimate of drug-likeness (QED) is 0.779. The van der Waals surface area contributed by atoms with Gasteiger partial charge in [-0.05, 0) is 24.3 Å². The van der Waals surface area contributed by atoms with Crippen LogP contribution in [0.2, 0.25) is 0 Å². The third-order valence-corrected chi connectivity index (χ3v) is 4.54. The van der Waals surface area contributed by atoms with E-state index in [2.05, 4.69) is 4.98 Å². The SMILES string of the molecule is COc1ccc(-n2ccnc2S(=O)(=O)C[C@H](O)CO)cc1. The number of nitrogens with zero attached hydrogens (tertiary/aromatic N) is 2. The number of imidazole rings is 1. The number of benzene rings is 1. The fraction of sp³-hybridized carbons (Fsp3) is 0.308. The molecule has 1 heterocycles. The molecule has 8 heteroatoms. The summed E-state index contributed by atoms with van der Waals surface area (Å²) in [6.45, 7) is -0.623. The zero-order valence-electron chi connectivity index (χ0n) is 11.4. The van der Waals surface area contributed by atoms with E-state index < -0.39 is 28.3 Å². The number of hydrogen-bond donors (Lipinski definition) is 2. The normalized spacial score (nSPS) is 13.1. The van der Waals surface area contributed by atoms with E-state index in [0.717, 1.165) is 0 Å². The lowest BCUT2D eigenvalue weighted by molar-refractivity contribution is 0.112. The molecule has 2 N–H and O–H groups in total. The Labute approximate surface area is 122 Å². The molecule has 0 saturated carbocycles. The molecule has 0 amide bonds. The van der Waals surface area contributed by atoms with Crippen LogP contribution >= 0.6 is 0 Å². The molecule has 0 spiro atoms. The van der Waals surface area contributed by atoms with Crippen LogP contribution in [0.1, 0.15) is 0 Å². The molecule has 0 aliphatic carbocycles. The van der Waals surface area contributed by atoms with E-state index in [9.17, 15) is 13.5 Å². The topological polar surface area (TPSA) is 102 Å². The zero-order valence-corrected chi connectivity index (χ0v) is 12.2. The average molecular weight is 312 g/mol. The van der Waals surface area contributed by atoms with E-state index in [0.29, 0.717) is 11.4 Å². The van der Waals surface area contributed by atoms with E-state index in [-0.39, 0.29) is 5.16 Å². The molecule has 1 aromatic carbocycles. The van der Waals surface area contributed by atoms with Crippen molar-refractivity contribution in [1.29, 1.82) is 0 Å². The Kier molecular flexibility index (Phi) is 4.61. The van der Waals surface area contributed by atoms with Gasteiger partial charge in [0.05, 0.1) is 25.6 Å². The molecule has 0 unspecified atom stereocenters. The lowest BCUT2D eigenvalue weighted by atomic mass is 10.3. The lowest BCUT2D eigenvalue weighted by Crippen LogP contribution is -2.26. The summed E-state index contributed by atoms with van der Waals surface area (Å²) in [6, 6.07) is 6.80. The highest BCUT2D eigenvalue weighted by Crippen LogP contribution is 2.19. The van der Waals surface area contributed by atoms with E-state index in [1.807, 2.05) is 0 Å². The van der Waals surface area contributed by atoms with Crippen LogP contribution in [-0.4, -0.2) is 53.8 Å². The summed E-state index contributed by atoms with van der Waals surface area (Å²) in [5, 5.41) is 17.9. The van der Waals surface area contributed by atoms with E-state index in [1.54, 1.807) is 31.4 Å². The summed E-state index contributed by atoms with van der Waals surface area (Å²) in [5.41, 5.74) is 0.602. The highest BCUT2D eigenvalue weighted by atomic mass is 32.2. The first-order valence-electron chi connectivity index (χ1n) is 6.17. The molecule has 7 nitrogen and oxygen atoms in total. The minimum absolute atomic E-state index is 0.180. The summed E-state index contributed by atoms with van der Waals surface area (Å²) < 4.78 is 30.9. The van der Waals surface area contributed by atoms with Crippen LogP contribution in [0.15, 0.2) is 41.8 Å². The number of aliphatic hydroxyl groups excluding tert-OH is 2. The van der Waals surface area contributed by atoms with Crippen molar-refractivity contribution in [2.24, 2.45) is 0 Å². The predicted octanol–water partition coefficient (Wildman–Crippen LogP) is 0.00780. The first-order valence-corrected chi connectivity index (χ1v) is 7.82.